The topological polar surface area (TPSA) is 57.6 Å². The molecule has 148 valence electrons. The number of thiophene rings is 1. The minimum Gasteiger partial charge on any atom is -0.477 e. The largest absolute Gasteiger partial charge is 0.477 e. The molecular formula is C22H31NO3S. The van der Waals surface area contributed by atoms with E-state index in [9.17, 15) is 14.7 Å². The van der Waals surface area contributed by atoms with Crippen LogP contribution in [0.5, 0.6) is 0 Å². The molecule has 2 aliphatic carbocycles. The minimum absolute atomic E-state index is 0.0316. The number of carbonyl (C=O) groups excluding carboxylic acids is 1. The molecule has 0 atom stereocenters. The third kappa shape index (κ3) is 4.45. The summed E-state index contributed by atoms with van der Waals surface area (Å²) in [5.41, 5.74) is 2.17. The van der Waals surface area contributed by atoms with Gasteiger partial charge in [0.15, 0.2) is 0 Å². The fourth-order valence-electron chi connectivity index (χ4n) is 4.28. The summed E-state index contributed by atoms with van der Waals surface area (Å²) in [5.74, 6) is -0.896. The third-order valence-electron chi connectivity index (χ3n) is 6.02. The summed E-state index contributed by atoms with van der Waals surface area (Å²) in [4.78, 5) is 28.0. The quantitative estimate of drug-likeness (QED) is 0.660. The lowest BCUT2D eigenvalue weighted by Gasteiger charge is -2.40. The van der Waals surface area contributed by atoms with Gasteiger partial charge in [0.05, 0.1) is 5.69 Å². The van der Waals surface area contributed by atoms with E-state index in [4.69, 9.17) is 0 Å². The first-order valence-electron chi connectivity index (χ1n) is 10.2. The first kappa shape index (κ1) is 20.1. The first-order chi connectivity index (χ1) is 12.8. The van der Waals surface area contributed by atoms with E-state index < -0.39 is 5.97 Å². The molecule has 2 aliphatic rings. The van der Waals surface area contributed by atoms with Crippen LogP contribution >= 0.6 is 11.3 Å². The highest BCUT2D eigenvalue weighted by molar-refractivity contribution is 7.15. The number of hydrogen-bond acceptors (Lipinski definition) is 3. The van der Waals surface area contributed by atoms with Crippen LogP contribution in [0.25, 0.3) is 5.57 Å². The van der Waals surface area contributed by atoms with Gasteiger partial charge in [0.2, 0.25) is 5.91 Å². The van der Waals surface area contributed by atoms with Crippen molar-refractivity contribution < 1.29 is 14.7 Å². The van der Waals surface area contributed by atoms with Gasteiger partial charge in [-0.1, -0.05) is 26.8 Å². The lowest BCUT2D eigenvalue weighted by Crippen LogP contribution is -2.43. The van der Waals surface area contributed by atoms with Crippen molar-refractivity contribution in [3.63, 3.8) is 0 Å². The van der Waals surface area contributed by atoms with Crippen molar-refractivity contribution in [2.75, 3.05) is 4.90 Å². The number of amides is 1. The van der Waals surface area contributed by atoms with Gasteiger partial charge < -0.3 is 10.0 Å². The Hall–Kier alpha value is -1.62. The van der Waals surface area contributed by atoms with Crippen molar-refractivity contribution in [2.24, 2.45) is 5.41 Å². The number of carboxylic acids is 1. The zero-order valence-electron chi connectivity index (χ0n) is 16.7. The first-order valence-corrected chi connectivity index (χ1v) is 11.0. The van der Waals surface area contributed by atoms with Crippen LogP contribution in [0.4, 0.5) is 5.69 Å². The van der Waals surface area contributed by atoms with Gasteiger partial charge >= 0.3 is 5.97 Å². The molecule has 1 N–H and O–H groups in total. The van der Waals surface area contributed by atoms with Gasteiger partial charge in [-0.3, -0.25) is 4.79 Å². The molecule has 1 amide bonds. The molecule has 5 heteroatoms. The molecule has 1 saturated carbocycles. The van der Waals surface area contributed by atoms with Crippen LogP contribution in [0, 0.1) is 5.41 Å². The fourth-order valence-corrected chi connectivity index (χ4v) is 5.34. The van der Waals surface area contributed by atoms with E-state index >= 15 is 0 Å². The van der Waals surface area contributed by atoms with Gasteiger partial charge in [-0.25, -0.2) is 4.79 Å². The molecule has 4 nitrogen and oxygen atoms in total. The molecule has 0 saturated heterocycles. The number of rotatable bonds is 5. The lowest BCUT2D eigenvalue weighted by atomic mass is 9.75. The van der Waals surface area contributed by atoms with Crippen LogP contribution in [0.3, 0.4) is 0 Å². The Balaban J connectivity index is 1.98. The molecule has 0 unspecified atom stereocenters. The van der Waals surface area contributed by atoms with Crippen LogP contribution in [-0.4, -0.2) is 23.0 Å². The second-order valence-electron chi connectivity index (χ2n) is 8.62. The second kappa shape index (κ2) is 8.17. The number of nitrogens with zero attached hydrogens (tertiary/aromatic N) is 1. The molecule has 1 heterocycles. The van der Waals surface area contributed by atoms with Gasteiger partial charge in [0, 0.05) is 17.3 Å². The van der Waals surface area contributed by atoms with Crippen molar-refractivity contribution in [1.29, 1.82) is 0 Å². The molecule has 0 radical (unpaired) electrons. The fraction of sp³-hybridized carbons (Fsp3) is 0.636. The number of carbonyl (C=O) groups is 2. The van der Waals surface area contributed by atoms with Crippen molar-refractivity contribution in [2.45, 2.75) is 84.6 Å². The van der Waals surface area contributed by atoms with E-state index in [1.54, 1.807) is 0 Å². The zero-order valence-corrected chi connectivity index (χ0v) is 17.5. The highest BCUT2D eigenvalue weighted by Gasteiger charge is 2.35. The molecular weight excluding hydrogens is 358 g/mol. The zero-order chi connectivity index (χ0) is 19.6. The summed E-state index contributed by atoms with van der Waals surface area (Å²) < 4.78 is 0. The third-order valence-corrected chi connectivity index (χ3v) is 7.21. The summed E-state index contributed by atoms with van der Waals surface area (Å²) in [5, 5.41) is 9.82. The van der Waals surface area contributed by atoms with Gasteiger partial charge in [0.25, 0.3) is 0 Å². The predicted octanol–water partition coefficient (Wildman–Crippen LogP) is 6.12. The second-order valence-corrected chi connectivity index (χ2v) is 9.67. The Kier molecular flexibility index (Phi) is 6.09. The molecule has 0 spiro atoms. The predicted molar refractivity (Wildman–Crippen MR) is 112 cm³/mol. The van der Waals surface area contributed by atoms with Crippen LogP contribution in [-0.2, 0) is 4.79 Å². The maximum Gasteiger partial charge on any atom is 0.348 e. The summed E-state index contributed by atoms with van der Waals surface area (Å²) in [7, 11) is 0. The molecule has 27 heavy (non-hydrogen) atoms. The van der Waals surface area contributed by atoms with Crippen molar-refractivity contribution in [3.8, 4) is 0 Å². The minimum atomic E-state index is -0.928. The molecule has 1 aromatic heterocycles. The highest BCUT2D eigenvalue weighted by atomic mass is 32.1. The van der Waals surface area contributed by atoms with Crippen LogP contribution in [0.15, 0.2) is 12.1 Å². The average Bonchev–Trinajstić information content (AvgIpc) is 3.09. The van der Waals surface area contributed by atoms with Crippen LogP contribution in [0.2, 0.25) is 0 Å². The molecule has 1 aromatic rings. The van der Waals surface area contributed by atoms with Crippen molar-refractivity contribution in [1.82, 2.24) is 0 Å². The van der Waals surface area contributed by atoms with E-state index in [2.05, 4.69) is 19.9 Å². The molecule has 0 bridgehead atoms. The highest BCUT2D eigenvalue weighted by Crippen LogP contribution is 2.42. The number of anilines is 1. The van der Waals surface area contributed by atoms with Crippen molar-refractivity contribution in [3.05, 3.63) is 21.9 Å². The normalized spacial score (nSPS) is 20.2. The van der Waals surface area contributed by atoms with Crippen molar-refractivity contribution >= 4 is 34.5 Å². The Labute approximate surface area is 166 Å². The SMILES string of the molecule is CCC(=O)N(c1cc(C2=CCCCC2)sc1C(=O)O)C1CCC(C)(C)CC1. The van der Waals surface area contributed by atoms with Gasteiger partial charge in [0.1, 0.15) is 4.88 Å². The van der Waals surface area contributed by atoms with E-state index in [1.165, 1.54) is 23.3 Å². The Morgan fingerprint density at radius 3 is 2.52 bits per heavy atom. The number of hydrogen-bond donors (Lipinski definition) is 1. The monoisotopic (exact) mass is 389 g/mol. The molecule has 1 fully saturated rings. The Morgan fingerprint density at radius 1 is 1.26 bits per heavy atom. The molecule has 0 aliphatic heterocycles. The van der Waals surface area contributed by atoms with E-state index in [-0.39, 0.29) is 11.9 Å². The summed E-state index contributed by atoms with van der Waals surface area (Å²) in [6, 6.07) is 2.07. The van der Waals surface area contributed by atoms with E-state index in [0.717, 1.165) is 49.8 Å². The summed E-state index contributed by atoms with van der Waals surface area (Å²) in [6.45, 7) is 6.41. The molecule has 0 aromatic carbocycles. The number of carboxylic acid groups (broad SMARTS) is 1. The average molecular weight is 390 g/mol. The van der Waals surface area contributed by atoms with Gasteiger partial charge in [-0.15, -0.1) is 11.3 Å². The van der Waals surface area contributed by atoms with E-state index in [1.807, 2.05) is 17.9 Å². The number of aromatic carboxylic acids is 1. The Bertz CT molecular complexity index is 737. The maximum absolute atomic E-state index is 12.9. The standard InChI is InChI=1S/C22H31NO3S/c1-4-19(24)23(16-10-12-22(2,3)13-11-16)17-14-18(27-20(17)21(25)26)15-8-6-5-7-9-15/h8,14,16H,4-7,9-13H2,1-3H3,(H,25,26). The van der Waals surface area contributed by atoms with Gasteiger partial charge in [-0.2, -0.15) is 0 Å². The smallest absolute Gasteiger partial charge is 0.348 e. The van der Waals surface area contributed by atoms with Crippen LogP contribution < -0.4 is 4.90 Å². The Morgan fingerprint density at radius 2 is 1.96 bits per heavy atom. The maximum atomic E-state index is 12.9. The molecule has 3 rings (SSSR count). The van der Waals surface area contributed by atoms with Crippen LogP contribution in [0.1, 0.15) is 93.1 Å². The van der Waals surface area contributed by atoms with E-state index in [0.29, 0.717) is 22.4 Å². The number of allylic oxidation sites excluding steroid dienone is 2. The lowest BCUT2D eigenvalue weighted by molar-refractivity contribution is -0.119. The summed E-state index contributed by atoms with van der Waals surface area (Å²) in [6.07, 6.45) is 11.0. The van der Waals surface area contributed by atoms with Gasteiger partial charge in [-0.05, 0) is 68.4 Å². The summed E-state index contributed by atoms with van der Waals surface area (Å²) >= 11 is 1.33.